The summed E-state index contributed by atoms with van der Waals surface area (Å²) in [5.74, 6) is -1.65. The molecule has 1 fully saturated rings. The van der Waals surface area contributed by atoms with Crippen LogP contribution in [-0.2, 0) is 33.3 Å². The van der Waals surface area contributed by atoms with E-state index in [2.05, 4.69) is 0 Å². The molecular weight excluding hydrogens is 348 g/mol. The third kappa shape index (κ3) is 5.75. The molecule has 2 rings (SSSR count). The summed E-state index contributed by atoms with van der Waals surface area (Å²) < 4.78 is 21.6. The molecule has 4 atom stereocenters. The number of carbonyl (C=O) groups is 3. The minimum Gasteiger partial charge on any atom is -0.456 e. The van der Waals surface area contributed by atoms with E-state index in [-0.39, 0.29) is 6.61 Å². The Bertz CT molecular complexity index is 619. The lowest BCUT2D eigenvalue weighted by molar-refractivity contribution is -0.213. The molecule has 0 amide bonds. The summed E-state index contributed by atoms with van der Waals surface area (Å²) in [7, 11) is 0. The fourth-order valence-corrected chi connectivity index (χ4v) is 3.52. The lowest BCUT2D eigenvalue weighted by atomic mass is 10.1. The topological polar surface area (TPSA) is 88.1 Å². The highest BCUT2D eigenvalue weighted by Crippen LogP contribution is 2.34. The third-order valence-electron chi connectivity index (χ3n) is 3.30. The van der Waals surface area contributed by atoms with E-state index < -0.39 is 41.7 Å². The minimum absolute atomic E-state index is 0.0276. The van der Waals surface area contributed by atoms with Gasteiger partial charge in [-0.2, -0.15) is 0 Å². The second kappa shape index (κ2) is 8.87. The third-order valence-corrected chi connectivity index (χ3v) is 4.48. The zero-order valence-corrected chi connectivity index (χ0v) is 15.0. The smallest absolute Gasteiger partial charge is 0.303 e. The Morgan fingerprint density at radius 1 is 0.920 bits per heavy atom. The van der Waals surface area contributed by atoms with Crippen LogP contribution in [0.4, 0.5) is 0 Å². The summed E-state index contributed by atoms with van der Waals surface area (Å²) in [5, 5.41) is 0. The monoisotopic (exact) mass is 368 g/mol. The second-order valence-corrected chi connectivity index (χ2v) is 6.60. The summed E-state index contributed by atoms with van der Waals surface area (Å²) in [6, 6.07) is 9.40. The van der Waals surface area contributed by atoms with Gasteiger partial charge in [-0.3, -0.25) is 14.4 Å². The van der Waals surface area contributed by atoms with Gasteiger partial charge in [-0.1, -0.05) is 30.0 Å². The quantitative estimate of drug-likeness (QED) is 0.575. The van der Waals surface area contributed by atoms with Crippen LogP contribution < -0.4 is 0 Å². The highest BCUT2D eigenvalue weighted by Gasteiger charge is 2.47. The molecule has 0 radical (unpaired) electrons. The Morgan fingerprint density at radius 3 is 2.04 bits per heavy atom. The molecule has 25 heavy (non-hydrogen) atoms. The molecule has 0 aromatic heterocycles. The molecule has 8 heteroatoms. The fourth-order valence-electron chi connectivity index (χ4n) is 2.44. The maximum Gasteiger partial charge on any atom is 0.303 e. The van der Waals surface area contributed by atoms with Crippen molar-refractivity contribution >= 4 is 29.7 Å². The van der Waals surface area contributed by atoms with E-state index >= 15 is 0 Å². The van der Waals surface area contributed by atoms with Crippen LogP contribution in [0.2, 0.25) is 0 Å². The first-order valence-corrected chi connectivity index (χ1v) is 8.59. The van der Waals surface area contributed by atoms with E-state index in [1.807, 2.05) is 30.3 Å². The van der Waals surface area contributed by atoms with Gasteiger partial charge in [0.2, 0.25) is 0 Å². The SMILES string of the molecule is CC(=O)O[C@H]1[C@H](OC(C)=O)[C@H](OC(C)=O)CO[C@@H]1Sc1ccccc1. The van der Waals surface area contributed by atoms with Gasteiger partial charge in [-0.25, -0.2) is 0 Å². The zero-order chi connectivity index (χ0) is 18.4. The molecule has 1 saturated heterocycles. The predicted octanol–water partition coefficient (Wildman–Crippen LogP) is 1.93. The Balaban J connectivity index is 2.25. The van der Waals surface area contributed by atoms with E-state index in [4.69, 9.17) is 18.9 Å². The Kier molecular flexibility index (Phi) is 6.83. The first-order valence-electron chi connectivity index (χ1n) is 7.71. The molecule has 0 spiro atoms. The summed E-state index contributed by atoms with van der Waals surface area (Å²) >= 11 is 1.34. The first-order chi connectivity index (χ1) is 11.9. The number of benzene rings is 1. The summed E-state index contributed by atoms with van der Waals surface area (Å²) in [6.07, 6.45) is -2.71. The maximum absolute atomic E-state index is 11.5. The predicted molar refractivity (Wildman–Crippen MR) is 88.7 cm³/mol. The molecule has 1 aliphatic rings. The average Bonchev–Trinajstić information content (AvgIpc) is 2.52. The van der Waals surface area contributed by atoms with Gasteiger partial charge in [0, 0.05) is 25.7 Å². The molecule has 136 valence electrons. The van der Waals surface area contributed by atoms with Crippen LogP contribution >= 0.6 is 11.8 Å². The molecule has 0 unspecified atom stereocenters. The van der Waals surface area contributed by atoms with E-state index in [1.54, 1.807) is 0 Å². The summed E-state index contributed by atoms with van der Waals surface area (Å²) in [4.78, 5) is 35.2. The van der Waals surface area contributed by atoms with Crippen molar-refractivity contribution in [3.63, 3.8) is 0 Å². The maximum atomic E-state index is 11.5. The number of hydrogen-bond donors (Lipinski definition) is 0. The van der Waals surface area contributed by atoms with Crippen molar-refractivity contribution in [3.8, 4) is 0 Å². The Labute approximate surface area is 150 Å². The van der Waals surface area contributed by atoms with Crippen molar-refractivity contribution in [3.05, 3.63) is 30.3 Å². The number of hydrogen-bond acceptors (Lipinski definition) is 8. The van der Waals surface area contributed by atoms with Crippen molar-refractivity contribution in [2.45, 2.75) is 49.4 Å². The first kappa shape index (κ1) is 19.3. The molecular formula is C17H20O7S. The van der Waals surface area contributed by atoms with Crippen LogP contribution in [0.5, 0.6) is 0 Å². The van der Waals surface area contributed by atoms with Crippen molar-refractivity contribution in [2.24, 2.45) is 0 Å². The number of esters is 3. The second-order valence-electron chi connectivity index (χ2n) is 5.43. The van der Waals surface area contributed by atoms with Crippen LogP contribution in [0, 0.1) is 0 Å². The number of rotatable bonds is 5. The van der Waals surface area contributed by atoms with Crippen molar-refractivity contribution in [1.82, 2.24) is 0 Å². The Hall–Kier alpha value is -2.06. The van der Waals surface area contributed by atoms with Crippen LogP contribution in [0.15, 0.2) is 35.2 Å². The fraction of sp³-hybridized carbons (Fsp3) is 0.471. The van der Waals surface area contributed by atoms with E-state index in [0.717, 1.165) is 4.90 Å². The number of ether oxygens (including phenoxy) is 4. The molecule has 0 bridgehead atoms. The van der Waals surface area contributed by atoms with Crippen LogP contribution in [0.1, 0.15) is 20.8 Å². The van der Waals surface area contributed by atoms with E-state index in [0.29, 0.717) is 0 Å². The minimum atomic E-state index is -0.944. The van der Waals surface area contributed by atoms with Gasteiger partial charge < -0.3 is 18.9 Å². The normalized spacial score (nSPS) is 25.7. The molecule has 0 saturated carbocycles. The average molecular weight is 368 g/mol. The van der Waals surface area contributed by atoms with Crippen LogP contribution in [0.3, 0.4) is 0 Å². The van der Waals surface area contributed by atoms with Gasteiger partial charge in [0.05, 0.1) is 6.61 Å². The number of carbonyl (C=O) groups excluding carboxylic acids is 3. The highest BCUT2D eigenvalue weighted by molar-refractivity contribution is 7.99. The van der Waals surface area contributed by atoms with Gasteiger partial charge in [0.15, 0.2) is 18.3 Å². The van der Waals surface area contributed by atoms with Gasteiger partial charge in [0.25, 0.3) is 0 Å². The van der Waals surface area contributed by atoms with Crippen molar-refractivity contribution in [1.29, 1.82) is 0 Å². The number of thioether (sulfide) groups is 1. The molecule has 1 aromatic carbocycles. The van der Waals surface area contributed by atoms with Gasteiger partial charge in [-0.05, 0) is 12.1 Å². The van der Waals surface area contributed by atoms with Gasteiger partial charge >= 0.3 is 17.9 Å². The Morgan fingerprint density at radius 2 is 1.48 bits per heavy atom. The zero-order valence-electron chi connectivity index (χ0n) is 14.2. The van der Waals surface area contributed by atoms with Crippen molar-refractivity contribution < 1.29 is 33.3 Å². The lowest BCUT2D eigenvalue weighted by Crippen LogP contribution is -2.56. The largest absolute Gasteiger partial charge is 0.456 e. The molecule has 0 aliphatic carbocycles. The summed E-state index contributed by atoms with van der Waals surface area (Å²) in [6.45, 7) is 3.77. The van der Waals surface area contributed by atoms with Crippen LogP contribution in [-0.4, -0.2) is 48.3 Å². The van der Waals surface area contributed by atoms with Gasteiger partial charge in [0.1, 0.15) is 5.44 Å². The lowest BCUT2D eigenvalue weighted by Gasteiger charge is -2.40. The van der Waals surface area contributed by atoms with E-state index in [1.165, 1.54) is 32.5 Å². The van der Waals surface area contributed by atoms with E-state index in [9.17, 15) is 14.4 Å². The van der Waals surface area contributed by atoms with Crippen LogP contribution in [0.25, 0.3) is 0 Å². The highest BCUT2D eigenvalue weighted by atomic mass is 32.2. The van der Waals surface area contributed by atoms with Gasteiger partial charge in [-0.15, -0.1) is 0 Å². The summed E-state index contributed by atoms with van der Waals surface area (Å²) in [5.41, 5.74) is -0.609. The molecule has 1 aliphatic heterocycles. The standard InChI is InChI=1S/C17H20O7S/c1-10(18)22-14-9-21-17(25-13-7-5-4-6-8-13)16(24-12(3)20)15(14)23-11(2)19/h4-8,14-17H,9H2,1-3H3/t14-,15-,16+,17-/m1/s1. The molecule has 1 heterocycles. The molecule has 1 aromatic rings. The molecule has 7 nitrogen and oxygen atoms in total. The van der Waals surface area contributed by atoms with Crippen molar-refractivity contribution in [2.75, 3.05) is 6.61 Å². The molecule has 0 N–H and O–H groups in total.